The molecular weight excluding hydrogens is 797 g/mol. The molecule has 15 rings (SSSR count). The van der Waals surface area contributed by atoms with Crippen molar-refractivity contribution in [2.75, 3.05) is 0 Å². The van der Waals surface area contributed by atoms with Gasteiger partial charge in [0.05, 0.1) is 22.1 Å². The topological polar surface area (TPSA) is 9.86 Å². The molecule has 61 heavy (non-hydrogen) atoms. The maximum atomic E-state index is 2.48. The van der Waals surface area contributed by atoms with Gasteiger partial charge in [0.2, 0.25) is 0 Å². The molecule has 5 heterocycles. The van der Waals surface area contributed by atoms with Crippen LogP contribution in [0.1, 0.15) is 0 Å². The largest absolute Gasteiger partial charge is 0.309 e. The van der Waals surface area contributed by atoms with E-state index in [9.17, 15) is 0 Å². The van der Waals surface area contributed by atoms with E-state index >= 15 is 0 Å². The molecule has 0 radical (unpaired) electrons. The lowest BCUT2D eigenvalue weighted by molar-refractivity contribution is 1.19. The van der Waals surface area contributed by atoms with Gasteiger partial charge >= 0.3 is 0 Å². The quantitative estimate of drug-likeness (QED) is 0.164. The summed E-state index contributed by atoms with van der Waals surface area (Å²) in [5.41, 5.74) is 7.31. The molecule has 0 N–H and O–H groups in total. The highest BCUT2D eigenvalue weighted by Gasteiger charge is 2.19. The fourth-order valence-corrected chi connectivity index (χ4v) is 14.0. The minimum Gasteiger partial charge on any atom is -0.309 e. The number of thiophene rings is 3. The Bertz CT molecular complexity index is 4130. The van der Waals surface area contributed by atoms with Crippen LogP contribution in [0, 0.1) is 0 Å². The second-order valence-electron chi connectivity index (χ2n) is 16.4. The number of nitrogens with zero attached hydrogens (tertiary/aromatic N) is 2. The zero-order valence-corrected chi connectivity index (χ0v) is 34.9. The van der Waals surface area contributed by atoms with Gasteiger partial charge in [-0.2, -0.15) is 0 Å². The van der Waals surface area contributed by atoms with Gasteiger partial charge in [-0.3, -0.25) is 0 Å². The molecule has 0 bridgehead atoms. The summed E-state index contributed by atoms with van der Waals surface area (Å²) in [4.78, 5) is 0. The molecule has 5 aromatic heterocycles. The second-order valence-corrected chi connectivity index (χ2v) is 19.7. The van der Waals surface area contributed by atoms with Gasteiger partial charge in [-0.15, -0.1) is 34.0 Å². The molecule has 10 aromatic carbocycles. The SMILES string of the molecule is c1ccc2c(c1)sc1ccc3cc4c(cc3c12)c1ccccc1n4-c1ccc2c(c1)sc1cc(-n3c4ccccc4c4cc5c(ccc6sc7ccccc7c65)cc43)ccc12. The van der Waals surface area contributed by atoms with Gasteiger partial charge in [-0.25, -0.2) is 0 Å². The fraction of sp³-hybridized carbons (Fsp3) is 0. The number of hydrogen-bond donors (Lipinski definition) is 0. The van der Waals surface area contributed by atoms with E-state index in [2.05, 4.69) is 191 Å². The third-order valence-corrected chi connectivity index (χ3v) is 16.6. The van der Waals surface area contributed by atoms with Gasteiger partial charge < -0.3 is 9.13 Å². The highest BCUT2D eigenvalue weighted by molar-refractivity contribution is 7.26. The van der Waals surface area contributed by atoms with Crippen molar-refractivity contribution in [1.29, 1.82) is 0 Å². The van der Waals surface area contributed by atoms with Crippen molar-refractivity contribution in [1.82, 2.24) is 9.13 Å². The van der Waals surface area contributed by atoms with Crippen LogP contribution in [0.15, 0.2) is 182 Å². The summed E-state index contributed by atoms with van der Waals surface area (Å²) in [7, 11) is 0. The summed E-state index contributed by atoms with van der Waals surface area (Å²) in [6.45, 7) is 0. The standard InChI is InChI=1S/C56H30N2S3/c1-5-13-45-35(9-1)43-29-41-31(17-23-51-55(41)39-11-3-7-15-49(39)59-51)25-47(43)57(45)33-19-21-37-38-22-20-34(28-54(38)61-53(37)27-33)58-46-14-6-2-10-36(46)44-30-42-32(26-48(44)58)18-24-52-56(42)40-12-4-8-16-50(40)60-52/h1-30H. The molecule has 282 valence electrons. The lowest BCUT2D eigenvalue weighted by atomic mass is 10.0. The molecule has 0 spiro atoms. The normalized spacial score (nSPS) is 12.6. The lowest BCUT2D eigenvalue weighted by Crippen LogP contribution is -1.93. The number of para-hydroxylation sites is 2. The van der Waals surface area contributed by atoms with Crippen LogP contribution in [0.4, 0.5) is 0 Å². The molecule has 0 saturated heterocycles. The smallest absolute Gasteiger partial charge is 0.0547 e. The van der Waals surface area contributed by atoms with Gasteiger partial charge in [0.25, 0.3) is 0 Å². The average molecular weight is 827 g/mol. The number of benzene rings is 10. The van der Waals surface area contributed by atoms with Gasteiger partial charge in [0.15, 0.2) is 0 Å². The molecular formula is C56H30N2S3. The van der Waals surface area contributed by atoms with E-state index in [1.165, 1.54) is 137 Å². The summed E-state index contributed by atoms with van der Waals surface area (Å²) in [5.74, 6) is 0. The van der Waals surface area contributed by atoms with Crippen molar-refractivity contribution in [2.45, 2.75) is 0 Å². The Hall–Kier alpha value is -7.02. The van der Waals surface area contributed by atoms with Crippen molar-refractivity contribution in [3.8, 4) is 11.4 Å². The molecule has 0 atom stereocenters. The molecule has 0 aliphatic rings. The van der Waals surface area contributed by atoms with Crippen LogP contribution in [-0.2, 0) is 0 Å². The Morgan fingerprint density at radius 3 is 1.16 bits per heavy atom. The van der Waals surface area contributed by atoms with Crippen molar-refractivity contribution in [3.63, 3.8) is 0 Å². The van der Waals surface area contributed by atoms with Gasteiger partial charge in [-0.1, -0.05) is 97.1 Å². The van der Waals surface area contributed by atoms with E-state index in [4.69, 9.17) is 0 Å². The third kappa shape index (κ3) is 4.40. The first-order chi connectivity index (χ1) is 30.2. The Balaban J connectivity index is 0.918. The fourth-order valence-electron chi connectivity index (χ4n) is 10.6. The predicted octanol–water partition coefficient (Wildman–Crippen LogP) is 17.3. The molecule has 2 nitrogen and oxygen atoms in total. The van der Waals surface area contributed by atoms with Crippen LogP contribution >= 0.6 is 34.0 Å². The van der Waals surface area contributed by atoms with Gasteiger partial charge in [0, 0.05) is 93.4 Å². The first-order valence-electron chi connectivity index (χ1n) is 20.7. The summed E-state index contributed by atoms with van der Waals surface area (Å²) in [5, 5.41) is 18.4. The zero-order chi connectivity index (χ0) is 39.5. The first-order valence-corrected chi connectivity index (χ1v) is 23.2. The van der Waals surface area contributed by atoms with Crippen molar-refractivity contribution in [2.24, 2.45) is 0 Å². The molecule has 5 heteroatoms. The first kappa shape index (κ1) is 32.8. The van der Waals surface area contributed by atoms with Crippen LogP contribution in [0.2, 0.25) is 0 Å². The molecule has 0 saturated carbocycles. The van der Waals surface area contributed by atoms with E-state index in [1.54, 1.807) is 0 Å². The maximum absolute atomic E-state index is 2.48. The Labute approximate surface area is 359 Å². The van der Waals surface area contributed by atoms with Crippen LogP contribution in [0.5, 0.6) is 0 Å². The number of fused-ring (bicyclic) bond motifs is 19. The number of aromatic nitrogens is 2. The van der Waals surface area contributed by atoms with Crippen molar-refractivity contribution >= 4 is 160 Å². The minimum absolute atomic E-state index is 1.19. The zero-order valence-electron chi connectivity index (χ0n) is 32.4. The highest BCUT2D eigenvalue weighted by atomic mass is 32.1. The van der Waals surface area contributed by atoms with E-state index in [1.807, 2.05) is 34.0 Å². The van der Waals surface area contributed by atoms with E-state index < -0.39 is 0 Å². The van der Waals surface area contributed by atoms with Crippen LogP contribution in [0.25, 0.3) is 137 Å². The molecule has 0 fully saturated rings. The van der Waals surface area contributed by atoms with Crippen molar-refractivity contribution < 1.29 is 0 Å². The van der Waals surface area contributed by atoms with E-state index in [0.29, 0.717) is 0 Å². The predicted molar refractivity (Wildman–Crippen MR) is 269 cm³/mol. The summed E-state index contributed by atoms with van der Waals surface area (Å²) in [6.07, 6.45) is 0. The molecule has 0 aliphatic carbocycles. The monoisotopic (exact) mass is 826 g/mol. The van der Waals surface area contributed by atoms with Crippen molar-refractivity contribution in [3.05, 3.63) is 182 Å². The van der Waals surface area contributed by atoms with Crippen LogP contribution in [-0.4, -0.2) is 9.13 Å². The summed E-state index contributed by atoms with van der Waals surface area (Å²) < 4.78 is 12.9. The van der Waals surface area contributed by atoms with Crippen LogP contribution < -0.4 is 0 Å². The summed E-state index contributed by atoms with van der Waals surface area (Å²) in [6, 6.07) is 68.6. The van der Waals surface area contributed by atoms with Gasteiger partial charge in [0.1, 0.15) is 0 Å². The minimum atomic E-state index is 1.19. The number of rotatable bonds is 2. The van der Waals surface area contributed by atoms with Gasteiger partial charge in [-0.05, 0) is 106 Å². The Morgan fingerprint density at radius 2 is 0.672 bits per heavy atom. The Kier molecular flexibility index (Phi) is 6.36. The molecule has 0 unspecified atom stereocenters. The average Bonchev–Trinajstić information content (AvgIpc) is 4.11. The van der Waals surface area contributed by atoms with Crippen LogP contribution in [0.3, 0.4) is 0 Å². The molecule has 0 aliphatic heterocycles. The number of hydrogen-bond acceptors (Lipinski definition) is 3. The maximum Gasteiger partial charge on any atom is 0.0547 e. The third-order valence-electron chi connectivity index (χ3n) is 13.3. The lowest BCUT2D eigenvalue weighted by Gasteiger charge is -2.10. The van der Waals surface area contributed by atoms with E-state index in [0.717, 1.165) is 0 Å². The van der Waals surface area contributed by atoms with E-state index in [-0.39, 0.29) is 0 Å². The molecule has 15 aromatic rings. The Morgan fingerprint density at radius 1 is 0.246 bits per heavy atom. The highest BCUT2D eigenvalue weighted by Crippen LogP contribution is 2.45. The summed E-state index contributed by atoms with van der Waals surface area (Å²) >= 11 is 5.67. The second kappa shape index (κ2) is 11.8. The molecule has 0 amide bonds.